The topological polar surface area (TPSA) is 50.3 Å². The Morgan fingerprint density at radius 1 is 1.30 bits per heavy atom. The fourth-order valence-electron chi connectivity index (χ4n) is 2.29. The lowest BCUT2D eigenvalue weighted by molar-refractivity contribution is -0.122. The van der Waals surface area contributed by atoms with Crippen LogP contribution in [0.4, 0.5) is 5.13 Å². The van der Waals surface area contributed by atoms with Gasteiger partial charge in [0.05, 0.1) is 5.92 Å². The zero-order chi connectivity index (χ0) is 14.1. The van der Waals surface area contributed by atoms with E-state index < -0.39 is 0 Å². The third-order valence-corrected chi connectivity index (χ3v) is 4.25. The molecule has 2 heterocycles. The van der Waals surface area contributed by atoms with Gasteiger partial charge >= 0.3 is 0 Å². The van der Waals surface area contributed by atoms with Gasteiger partial charge in [0.2, 0.25) is 11.8 Å². The quantitative estimate of drug-likeness (QED) is 0.819. The number of aromatic nitrogens is 1. The summed E-state index contributed by atoms with van der Waals surface area (Å²) in [4.78, 5) is 29.6. The van der Waals surface area contributed by atoms with Gasteiger partial charge in [-0.25, -0.2) is 9.88 Å². The average Bonchev–Trinajstić information content (AvgIpc) is 3.02. The number of nitrogens with zero attached hydrogens (tertiary/aromatic N) is 2. The molecular formula is C14H11ClN2O2S. The third-order valence-electron chi connectivity index (χ3n) is 3.25. The molecule has 0 radical (unpaired) electrons. The van der Waals surface area contributed by atoms with Gasteiger partial charge in [0.25, 0.3) is 0 Å². The molecule has 3 rings (SSSR count). The summed E-state index contributed by atoms with van der Waals surface area (Å²) >= 11 is 7.13. The fourth-order valence-corrected chi connectivity index (χ4v) is 3.07. The average molecular weight is 307 g/mol. The van der Waals surface area contributed by atoms with Gasteiger partial charge in [-0.15, -0.1) is 11.3 Å². The largest absolute Gasteiger partial charge is 0.274 e. The number of hydrogen-bond acceptors (Lipinski definition) is 4. The summed E-state index contributed by atoms with van der Waals surface area (Å²) in [6.45, 7) is 0. The van der Waals surface area contributed by atoms with Crippen LogP contribution in [0.5, 0.6) is 0 Å². The van der Waals surface area contributed by atoms with E-state index in [9.17, 15) is 9.59 Å². The molecule has 4 nitrogen and oxygen atoms in total. The first-order chi connectivity index (χ1) is 9.65. The Hall–Kier alpha value is -1.72. The number of anilines is 1. The van der Waals surface area contributed by atoms with Crippen LogP contribution in [0.1, 0.15) is 12.0 Å². The van der Waals surface area contributed by atoms with E-state index in [4.69, 9.17) is 11.6 Å². The third kappa shape index (κ3) is 2.46. The Bertz CT molecular complexity index is 640. The van der Waals surface area contributed by atoms with Crippen molar-refractivity contribution < 1.29 is 9.59 Å². The van der Waals surface area contributed by atoms with E-state index in [-0.39, 0.29) is 24.2 Å². The Morgan fingerprint density at radius 3 is 2.70 bits per heavy atom. The van der Waals surface area contributed by atoms with Crippen molar-refractivity contribution in [1.82, 2.24) is 4.98 Å². The van der Waals surface area contributed by atoms with Crippen LogP contribution in [0.25, 0.3) is 0 Å². The molecule has 1 saturated heterocycles. The molecular weight excluding hydrogens is 296 g/mol. The molecule has 6 heteroatoms. The van der Waals surface area contributed by atoms with Crippen LogP contribution in [-0.4, -0.2) is 16.8 Å². The Balaban J connectivity index is 1.78. The van der Waals surface area contributed by atoms with Gasteiger partial charge in [0.1, 0.15) is 0 Å². The van der Waals surface area contributed by atoms with Gasteiger partial charge in [-0.3, -0.25) is 9.59 Å². The molecule has 0 N–H and O–H groups in total. The van der Waals surface area contributed by atoms with Gasteiger partial charge in [0, 0.05) is 23.0 Å². The van der Waals surface area contributed by atoms with Crippen LogP contribution in [0.2, 0.25) is 5.02 Å². The summed E-state index contributed by atoms with van der Waals surface area (Å²) in [5, 5.41) is 2.87. The van der Waals surface area contributed by atoms with Crippen molar-refractivity contribution in [2.45, 2.75) is 12.8 Å². The summed E-state index contributed by atoms with van der Waals surface area (Å²) < 4.78 is 0. The molecule has 0 aliphatic carbocycles. The van der Waals surface area contributed by atoms with E-state index in [1.807, 2.05) is 12.1 Å². The number of halogens is 1. The van der Waals surface area contributed by atoms with Crippen LogP contribution < -0.4 is 4.90 Å². The molecule has 1 fully saturated rings. The lowest BCUT2D eigenvalue weighted by Crippen LogP contribution is -2.30. The maximum Gasteiger partial charge on any atom is 0.239 e. The van der Waals surface area contributed by atoms with Crippen molar-refractivity contribution in [3.63, 3.8) is 0 Å². The SMILES string of the molecule is O=C1C[C@@H](Cc2ccc(Cl)cc2)C(=O)N1c1nccs1. The first kappa shape index (κ1) is 13.3. The highest BCUT2D eigenvalue weighted by atomic mass is 35.5. The predicted octanol–water partition coefficient (Wildman–Crippen LogP) is 2.92. The van der Waals surface area contributed by atoms with E-state index in [2.05, 4.69) is 4.98 Å². The zero-order valence-electron chi connectivity index (χ0n) is 10.5. The van der Waals surface area contributed by atoms with E-state index >= 15 is 0 Å². The molecule has 1 aromatic carbocycles. The molecule has 1 aliphatic rings. The maximum absolute atomic E-state index is 12.3. The molecule has 1 atom stereocenters. The molecule has 102 valence electrons. The first-order valence-corrected chi connectivity index (χ1v) is 7.41. The van der Waals surface area contributed by atoms with Crippen molar-refractivity contribution in [3.8, 4) is 0 Å². The smallest absolute Gasteiger partial charge is 0.239 e. The van der Waals surface area contributed by atoms with Crippen LogP contribution in [0.3, 0.4) is 0 Å². The molecule has 0 bridgehead atoms. The monoisotopic (exact) mass is 306 g/mol. The van der Waals surface area contributed by atoms with E-state index in [1.165, 1.54) is 16.2 Å². The maximum atomic E-state index is 12.3. The summed E-state index contributed by atoms with van der Waals surface area (Å²) in [7, 11) is 0. The standard InChI is InChI=1S/C14H11ClN2O2S/c15-11-3-1-9(2-4-11)7-10-8-12(18)17(13(10)19)14-16-5-6-20-14/h1-6,10H,7-8H2/t10-/m1/s1. The van der Waals surface area contributed by atoms with Crippen molar-refractivity contribution in [2.24, 2.45) is 5.92 Å². The molecule has 20 heavy (non-hydrogen) atoms. The Kier molecular flexibility index (Phi) is 3.54. The second-order valence-corrected chi connectivity index (χ2v) is 5.92. The minimum absolute atomic E-state index is 0.167. The number of rotatable bonds is 3. The van der Waals surface area contributed by atoms with E-state index in [0.29, 0.717) is 16.6 Å². The minimum Gasteiger partial charge on any atom is -0.274 e. The molecule has 2 amide bonds. The normalized spacial score (nSPS) is 18.9. The van der Waals surface area contributed by atoms with Gasteiger partial charge < -0.3 is 0 Å². The summed E-state index contributed by atoms with van der Waals surface area (Å²) in [5.74, 6) is -0.656. The number of hydrogen-bond donors (Lipinski definition) is 0. The van der Waals surface area contributed by atoms with Gasteiger partial charge in [-0.2, -0.15) is 0 Å². The molecule has 2 aromatic rings. The van der Waals surface area contributed by atoms with Crippen LogP contribution in [0.15, 0.2) is 35.8 Å². The summed E-state index contributed by atoms with van der Waals surface area (Å²) in [6, 6.07) is 7.34. The van der Waals surface area contributed by atoms with E-state index in [0.717, 1.165) is 5.56 Å². The molecule has 1 aromatic heterocycles. The first-order valence-electron chi connectivity index (χ1n) is 6.16. The summed E-state index contributed by atoms with van der Waals surface area (Å²) in [6.07, 6.45) is 2.37. The highest BCUT2D eigenvalue weighted by Gasteiger charge is 2.40. The van der Waals surface area contributed by atoms with Crippen molar-refractivity contribution >= 4 is 39.9 Å². The van der Waals surface area contributed by atoms with Crippen LogP contribution >= 0.6 is 22.9 Å². The lowest BCUT2D eigenvalue weighted by atomic mass is 9.98. The Labute approximate surface area is 125 Å². The number of amides is 2. The van der Waals surface area contributed by atoms with Gasteiger partial charge in [0.15, 0.2) is 5.13 Å². The molecule has 1 aliphatic heterocycles. The zero-order valence-corrected chi connectivity index (χ0v) is 12.0. The predicted molar refractivity (Wildman–Crippen MR) is 77.9 cm³/mol. The molecule has 0 saturated carbocycles. The number of benzene rings is 1. The number of carbonyl (C=O) groups is 2. The highest BCUT2D eigenvalue weighted by Crippen LogP contribution is 2.30. The number of imide groups is 1. The van der Waals surface area contributed by atoms with Gasteiger partial charge in [-0.05, 0) is 24.1 Å². The summed E-state index contributed by atoms with van der Waals surface area (Å²) in [5.41, 5.74) is 1.00. The van der Waals surface area contributed by atoms with Crippen molar-refractivity contribution in [3.05, 3.63) is 46.4 Å². The minimum atomic E-state index is -0.312. The van der Waals surface area contributed by atoms with E-state index in [1.54, 1.807) is 23.7 Å². The second kappa shape index (κ2) is 5.34. The highest BCUT2D eigenvalue weighted by molar-refractivity contribution is 7.14. The Morgan fingerprint density at radius 2 is 2.05 bits per heavy atom. The lowest BCUT2D eigenvalue weighted by Gasteiger charge is -2.11. The van der Waals surface area contributed by atoms with Crippen LogP contribution in [0, 0.1) is 5.92 Å². The number of carbonyl (C=O) groups excluding carboxylic acids is 2. The number of thiazole rings is 1. The van der Waals surface area contributed by atoms with Crippen LogP contribution in [-0.2, 0) is 16.0 Å². The fraction of sp³-hybridized carbons (Fsp3) is 0.214. The van der Waals surface area contributed by atoms with Crippen molar-refractivity contribution in [2.75, 3.05) is 4.90 Å². The van der Waals surface area contributed by atoms with Gasteiger partial charge in [-0.1, -0.05) is 23.7 Å². The molecule has 0 unspecified atom stereocenters. The van der Waals surface area contributed by atoms with Crippen molar-refractivity contribution in [1.29, 1.82) is 0 Å². The second-order valence-electron chi connectivity index (χ2n) is 4.61. The molecule has 0 spiro atoms.